The van der Waals surface area contributed by atoms with Crippen LogP contribution in [0.4, 0.5) is 0 Å². The first-order valence-electron chi connectivity index (χ1n) is 5.32. The molecule has 0 bridgehead atoms. The topological polar surface area (TPSA) is 79.5 Å². The van der Waals surface area contributed by atoms with Crippen LogP contribution < -0.4 is 0 Å². The van der Waals surface area contributed by atoms with Crippen LogP contribution in [0, 0.1) is 0 Å². The normalized spacial score (nSPS) is 11.5. The van der Waals surface area contributed by atoms with E-state index in [9.17, 15) is 13.2 Å². The maximum atomic E-state index is 11.9. The van der Waals surface area contributed by atoms with Gasteiger partial charge in [-0.2, -0.15) is 0 Å². The van der Waals surface area contributed by atoms with Crippen molar-refractivity contribution >= 4 is 25.6 Å². The summed E-state index contributed by atoms with van der Waals surface area (Å²) < 4.78 is 27.2. The Hall–Kier alpha value is -1.05. The molecule has 0 atom stereocenters. The fraction of sp³-hybridized carbons (Fsp3) is 0.500. The number of nitrogens with one attached hydrogen (secondary N) is 1. The lowest BCUT2D eigenvalue weighted by Crippen LogP contribution is -2.30. The van der Waals surface area contributed by atoms with E-state index >= 15 is 0 Å². The number of nitrogens with zero attached hydrogens (tertiary/aromatic N) is 1. The van der Waals surface area contributed by atoms with Crippen LogP contribution in [0.1, 0.15) is 17.4 Å². The molecule has 0 saturated heterocycles. The zero-order chi connectivity index (χ0) is 13.8. The van der Waals surface area contributed by atoms with Crippen molar-refractivity contribution in [1.82, 2.24) is 9.88 Å². The highest BCUT2D eigenvalue weighted by atomic mass is 35.7. The number of hydrogen-bond donors (Lipinski definition) is 1. The number of aromatic amines is 1. The summed E-state index contributed by atoms with van der Waals surface area (Å²) in [7, 11) is 2.96. The minimum atomic E-state index is -3.82. The molecule has 0 aromatic carbocycles. The van der Waals surface area contributed by atoms with Crippen molar-refractivity contribution < 1.29 is 17.9 Å². The molecule has 0 aliphatic heterocycles. The maximum absolute atomic E-state index is 11.9. The zero-order valence-electron chi connectivity index (χ0n) is 10.1. The lowest BCUT2D eigenvalue weighted by molar-refractivity contribution is 0.0705. The Morgan fingerprint density at radius 2 is 2.22 bits per heavy atom. The number of carbonyl (C=O) groups excluding carboxylic acids is 1. The molecular weight excluding hydrogens is 280 g/mol. The second kappa shape index (κ2) is 6.21. The van der Waals surface area contributed by atoms with Crippen LogP contribution in [0.15, 0.2) is 17.2 Å². The summed E-state index contributed by atoms with van der Waals surface area (Å²) in [6.45, 7) is 3.30. The van der Waals surface area contributed by atoms with Gasteiger partial charge in [-0.1, -0.05) is 0 Å². The van der Waals surface area contributed by atoms with Gasteiger partial charge >= 0.3 is 0 Å². The summed E-state index contributed by atoms with van der Waals surface area (Å²) in [5.41, 5.74) is 0.174. The van der Waals surface area contributed by atoms with Crippen molar-refractivity contribution in [2.45, 2.75) is 11.8 Å². The van der Waals surface area contributed by atoms with E-state index in [0.29, 0.717) is 19.8 Å². The van der Waals surface area contributed by atoms with Gasteiger partial charge in [0.25, 0.3) is 15.0 Å². The first-order chi connectivity index (χ1) is 8.36. The predicted octanol–water partition coefficient (Wildman–Crippen LogP) is 1.05. The number of halogens is 1. The van der Waals surface area contributed by atoms with Crippen LogP contribution in [-0.4, -0.2) is 51.0 Å². The molecule has 1 N–H and O–H groups in total. The van der Waals surface area contributed by atoms with Gasteiger partial charge in [0, 0.05) is 37.1 Å². The van der Waals surface area contributed by atoms with Crippen LogP contribution in [0.5, 0.6) is 0 Å². The van der Waals surface area contributed by atoms with Crippen LogP contribution in [-0.2, 0) is 13.8 Å². The number of carbonyl (C=O) groups is 1. The largest absolute Gasteiger partial charge is 0.380 e. The van der Waals surface area contributed by atoms with Gasteiger partial charge in [0.2, 0.25) is 0 Å². The molecule has 6 nitrogen and oxygen atoms in total. The third kappa shape index (κ3) is 4.01. The van der Waals surface area contributed by atoms with Crippen molar-refractivity contribution in [2.24, 2.45) is 0 Å². The minimum Gasteiger partial charge on any atom is -0.380 e. The molecule has 0 aliphatic rings. The van der Waals surface area contributed by atoms with E-state index in [2.05, 4.69) is 4.98 Å². The second-order valence-electron chi connectivity index (χ2n) is 3.61. The molecule has 0 unspecified atom stereocenters. The van der Waals surface area contributed by atoms with Crippen LogP contribution in [0.3, 0.4) is 0 Å². The lowest BCUT2D eigenvalue weighted by atomic mass is 10.4. The molecule has 0 aliphatic carbocycles. The highest BCUT2D eigenvalue weighted by Gasteiger charge is 2.18. The molecule has 1 rings (SSSR count). The smallest absolute Gasteiger partial charge is 0.270 e. The molecule has 102 valence electrons. The van der Waals surface area contributed by atoms with Crippen molar-refractivity contribution in [3.8, 4) is 0 Å². The van der Waals surface area contributed by atoms with Gasteiger partial charge in [-0.15, -0.1) is 0 Å². The Labute approximate surface area is 110 Å². The highest BCUT2D eigenvalue weighted by molar-refractivity contribution is 8.13. The van der Waals surface area contributed by atoms with E-state index < -0.39 is 9.05 Å². The van der Waals surface area contributed by atoms with E-state index in [1.807, 2.05) is 6.92 Å². The molecule has 0 saturated carbocycles. The zero-order valence-corrected chi connectivity index (χ0v) is 11.7. The van der Waals surface area contributed by atoms with E-state index in [4.69, 9.17) is 15.4 Å². The number of rotatable bonds is 6. The molecule has 8 heteroatoms. The van der Waals surface area contributed by atoms with Crippen LogP contribution >= 0.6 is 10.7 Å². The number of ether oxygens (including phenoxy) is 1. The van der Waals surface area contributed by atoms with Crippen molar-refractivity contribution in [2.75, 3.05) is 26.8 Å². The lowest BCUT2D eigenvalue weighted by Gasteiger charge is -2.15. The second-order valence-corrected chi connectivity index (χ2v) is 6.18. The quantitative estimate of drug-likeness (QED) is 0.628. The summed E-state index contributed by atoms with van der Waals surface area (Å²) in [5, 5.41) is 0. The molecular formula is C10H15ClN2O4S. The first kappa shape index (κ1) is 15.0. The molecule has 1 amide bonds. The van der Waals surface area contributed by atoms with Crippen LogP contribution in [0.25, 0.3) is 0 Å². The summed E-state index contributed by atoms with van der Waals surface area (Å²) >= 11 is 0. The fourth-order valence-electron chi connectivity index (χ4n) is 1.29. The molecule has 18 heavy (non-hydrogen) atoms. The van der Waals surface area contributed by atoms with Crippen molar-refractivity contribution in [1.29, 1.82) is 0 Å². The first-order valence-corrected chi connectivity index (χ1v) is 7.63. The van der Waals surface area contributed by atoms with E-state index in [0.717, 1.165) is 0 Å². The van der Waals surface area contributed by atoms with Crippen LogP contribution in [0.2, 0.25) is 0 Å². The Kier molecular flexibility index (Phi) is 5.18. The highest BCUT2D eigenvalue weighted by Crippen LogP contribution is 2.16. The number of amides is 1. The van der Waals surface area contributed by atoms with Gasteiger partial charge in [-0.25, -0.2) is 8.42 Å². The standard InChI is InChI=1S/C10H15ClN2O4S/c1-3-17-5-4-13(2)10(14)9-6-8(7-12-9)18(11,15)16/h6-7,12H,3-5H2,1-2H3. The van der Waals surface area contributed by atoms with Crippen molar-refractivity contribution in [3.05, 3.63) is 18.0 Å². The number of likely N-dealkylation sites (N-methyl/N-ethyl adjacent to an activating group) is 1. The minimum absolute atomic E-state index is 0.120. The van der Waals surface area contributed by atoms with Gasteiger partial charge in [0.05, 0.1) is 6.61 Å². The molecule has 0 radical (unpaired) electrons. The molecule has 1 aromatic heterocycles. The van der Waals surface area contributed by atoms with E-state index in [1.165, 1.54) is 17.2 Å². The molecule has 1 aromatic rings. The summed E-state index contributed by atoms with van der Waals surface area (Å²) in [6.07, 6.45) is 1.19. The predicted molar refractivity (Wildman–Crippen MR) is 67.3 cm³/mol. The fourth-order valence-corrected chi connectivity index (χ4v) is 2.02. The van der Waals surface area contributed by atoms with Gasteiger partial charge in [-0.05, 0) is 13.0 Å². The average molecular weight is 295 g/mol. The summed E-state index contributed by atoms with van der Waals surface area (Å²) in [4.78, 5) is 15.8. The monoisotopic (exact) mass is 294 g/mol. The number of H-pyrrole nitrogens is 1. The van der Waals surface area contributed by atoms with E-state index in [-0.39, 0.29) is 16.5 Å². The van der Waals surface area contributed by atoms with Gasteiger partial charge in [-0.3, -0.25) is 4.79 Å². The van der Waals surface area contributed by atoms with E-state index in [1.54, 1.807) is 7.05 Å². The molecule has 0 spiro atoms. The Balaban J connectivity index is 2.70. The number of aromatic nitrogens is 1. The third-order valence-electron chi connectivity index (χ3n) is 2.29. The molecule has 0 fully saturated rings. The number of hydrogen-bond acceptors (Lipinski definition) is 4. The summed E-state index contributed by atoms with van der Waals surface area (Å²) in [6, 6.07) is 1.21. The Morgan fingerprint density at radius 1 is 1.56 bits per heavy atom. The third-order valence-corrected chi connectivity index (χ3v) is 3.62. The van der Waals surface area contributed by atoms with Gasteiger partial charge in [0.1, 0.15) is 10.6 Å². The SMILES string of the molecule is CCOCCN(C)C(=O)c1cc(S(=O)(=O)Cl)c[nH]1. The Morgan fingerprint density at radius 3 is 2.72 bits per heavy atom. The maximum Gasteiger partial charge on any atom is 0.270 e. The van der Waals surface area contributed by atoms with Gasteiger partial charge < -0.3 is 14.6 Å². The van der Waals surface area contributed by atoms with Crippen molar-refractivity contribution in [3.63, 3.8) is 0 Å². The average Bonchev–Trinajstić information content (AvgIpc) is 2.77. The van der Waals surface area contributed by atoms with Gasteiger partial charge in [0.15, 0.2) is 0 Å². The Bertz CT molecular complexity index is 512. The summed E-state index contributed by atoms with van der Waals surface area (Å²) in [5.74, 6) is -0.318. The molecule has 1 heterocycles.